The molecule has 6 N–H and O–H groups in total. The summed E-state index contributed by atoms with van der Waals surface area (Å²) in [5.41, 5.74) is 0. The van der Waals surface area contributed by atoms with Crippen molar-refractivity contribution in [2.45, 2.75) is 91.5 Å². The summed E-state index contributed by atoms with van der Waals surface area (Å²) in [6, 6.07) is -2.89. The molecule has 0 saturated heterocycles. The van der Waals surface area contributed by atoms with Gasteiger partial charge in [-0.3, -0.25) is 46.9 Å². The number of ether oxygens (including phenoxy) is 4. The predicted octanol–water partition coefficient (Wildman–Crippen LogP) is 0.214. The Bertz CT molecular complexity index is 2060. The standard InChI is InChI=1S/C41H56N4O19P2/c1-7-8-9-10-11-12-13-14-15-16-38(49)26-40(51)45-37(28-58-22-18-33(4)64-35(6)48)30-62-66(55,56)60-24-20-43-41(52)42-19-23-59-65(53,54)61-29-36(44-39(50)25-31(2)46)27-57-21-17-32(3)63-34(5)47/h32-33,36-37H,17-30H2,1-6H3,(H,44,50)(H,45,51)(H,53,54)(H,55,56)(H2,42,43,52)/t32-,33-,36-,37-/m1/s1. The highest BCUT2D eigenvalue weighted by Crippen LogP contribution is 2.43. The van der Waals surface area contributed by atoms with Gasteiger partial charge in [0.2, 0.25) is 17.6 Å². The van der Waals surface area contributed by atoms with Gasteiger partial charge in [0, 0.05) is 39.8 Å². The second kappa shape index (κ2) is 35.7. The SMILES string of the molecule is CC#CC#CC#CC#CC#CC(=O)CC(=O)N[C@H](COCC[C@@H](C)OC(C)=O)COP(=O)(O)OCCNC(=O)NCCOP(=O)(O)OC[C@@H](COCC[C@@H](C)OC(C)=O)NC(=O)CC(C)=O. The minimum atomic E-state index is -4.79. The van der Waals surface area contributed by atoms with Crippen molar-refractivity contribution >= 4 is 57.0 Å². The van der Waals surface area contributed by atoms with Crippen LogP contribution in [0.1, 0.15) is 67.2 Å². The Kier molecular flexibility index (Phi) is 32.7. The Hall–Kier alpha value is -5.57. The van der Waals surface area contributed by atoms with Gasteiger partial charge in [-0.15, -0.1) is 0 Å². The average molecular weight is 971 g/mol. The van der Waals surface area contributed by atoms with E-state index >= 15 is 0 Å². The van der Waals surface area contributed by atoms with Crippen LogP contribution in [0, 0.1) is 59.2 Å². The number of hydrogen-bond acceptors (Lipinski definition) is 17. The third kappa shape index (κ3) is 37.8. The number of carbonyl (C=O) groups excluding carboxylic acids is 7. The topological polar surface area (TPSA) is 316 Å². The van der Waals surface area contributed by atoms with Crippen LogP contribution in [-0.4, -0.2) is 141 Å². The maximum atomic E-state index is 12.6. The molecule has 2 unspecified atom stereocenters. The second-order valence-electron chi connectivity index (χ2n) is 13.3. The first-order chi connectivity index (χ1) is 31.1. The molecule has 0 aromatic heterocycles. The summed E-state index contributed by atoms with van der Waals surface area (Å²) in [7, 11) is -9.52. The van der Waals surface area contributed by atoms with Crippen molar-refractivity contribution in [3.63, 3.8) is 0 Å². The van der Waals surface area contributed by atoms with Gasteiger partial charge in [-0.1, -0.05) is 5.92 Å². The number of hydrogen-bond donors (Lipinski definition) is 6. The van der Waals surface area contributed by atoms with Crippen LogP contribution in [0.2, 0.25) is 0 Å². The number of phosphoric acid groups is 2. The van der Waals surface area contributed by atoms with E-state index in [0.717, 1.165) is 0 Å². The lowest BCUT2D eigenvalue weighted by molar-refractivity contribution is -0.147. The van der Waals surface area contributed by atoms with Crippen LogP contribution in [0.4, 0.5) is 4.79 Å². The summed E-state index contributed by atoms with van der Waals surface area (Å²) in [5.74, 6) is 20.1. The summed E-state index contributed by atoms with van der Waals surface area (Å²) in [5, 5.41) is 9.50. The third-order valence-electron chi connectivity index (χ3n) is 7.10. The van der Waals surface area contributed by atoms with Crippen LogP contribution in [0.5, 0.6) is 0 Å². The van der Waals surface area contributed by atoms with Crippen molar-refractivity contribution in [2.24, 2.45) is 0 Å². The van der Waals surface area contributed by atoms with Gasteiger partial charge in [0.25, 0.3) is 0 Å². The first-order valence-corrected chi connectivity index (χ1v) is 22.9. The van der Waals surface area contributed by atoms with Crippen molar-refractivity contribution in [2.75, 3.05) is 65.9 Å². The number of carbonyl (C=O) groups is 7. The van der Waals surface area contributed by atoms with Gasteiger partial charge in [0.15, 0.2) is 0 Å². The number of amides is 4. The van der Waals surface area contributed by atoms with E-state index in [9.17, 15) is 52.5 Å². The molecule has 0 radical (unpaired) electrons. The molecule has 0 rings (SSSR count). The predicted molar refractivity (Wildman–Crippen MR) is 232 cm³/mol. The number of nitrogens with one attached hydrogen (secondary N) is 4. The molecule has 0 aromatic carbocycles. The Balaban J connectivity index is 4.97. The Morgan fingerprint density at radius 3 is 1.38 bits per heavy atom. The molecular weight excluding hydrogens is 914 g/mol. The molecule has 0 aromatic rings. The highest BCUT2D eigenvalue weighted by Gasteiger charge is 2.26. The molecule has 0 bridgehead atoms. The number of urea groups is 1. The van der Waals surface area contributed by atoms with Crippen LogP contribution >= 0.6 is 15.6 Å². The van der Waals surface area contributed by atoms with E-state index in [-0.39, 0.29) is 45.9 Å². The van der Waals surface area contributed by atoms with Crippen LogP contribution in [0.15, 0.2) is 0 Å². The van der Waals surface area contributed by atoms with Crippen molar-refractivity contribution < 1.29 is 89.5 Å². The van der Waals surface area contributed by atoms with Gasteiger partial charge in [-0.25, -0.2) is 13.9 Å². The monoisotopic (exact) mass is 970 g/mol. The molecule has 0 aliphatic heterocycles. The Labute approximate surface area is 383 Å². The van der Waals surface area contributed by atoms with Crippen molar-refractivity contribution in [3.8, 4) is 59.2 Å². The first kappa shape index (κ1) is 60.4. The van der Waals surface area contributed by atoms with Gasteiger partial charge in [0.1, 0.15) is 18.0 Å². The zero-order valence-electron chi connectivity index (χ0n) is 37.4. The smallest absolute Gasteiger partial charge is 0.463 e. The van der Waals surface area contributed by atoms with Gasteiger partial charge in [0.05, 0.1) is 77.8 Å². The van der Waals surface area contributed by atoms with Crippen molar-refractivity contribution in [1.29, 1.82) is 0 Å². The largest absolute Gasteiger partial charge is 0.472 e. The lowest BCUT2D eigenvalue weighted by Gasteiger charge is -2.21. The van der Waals surface area contributed by atoms with E-state index < -0.39 is 121 Å². The van der Waals surface area contributed by atoms with Crippen LogP contribution in [0.25, 0.3) is 0 Å². The fourth-order valence-electron chi connectivity index (χ4n) is 4.38. The summed E-state index contributed by atoms with van der Waals surface area (Å²) in [4.78, 5) is 103. The Morgan fingerprint density at radius 1 is 0.561 bits per heavy atom. The fraction of sp³-hybridized carbons (Fsp3) is 0.585. The number of rotatable bonds is 32. The summed E-state index contributed by atoms with van der Waals surface area (Å²) < 4.78 is 65.6. The maximum Gasteiger partial charge on any atom is 0.472 e. The molecule has 66 heavy (non-hydrogen) atoms. The lowest BCUT2D eigenvalue weighted by Crippen LogP contribution is -2.42. The normalized spacial score (nSPS) is 13.7. The lowest BCUT2D eigenvalue weighted by atomic mass is 10.2. The third-order valence-corrected chi connectivity index (χ3v) is 9.07. The Morgan fingerprint density at radius 2 is 0.970 bits per heavy atom. The molecule has 364 valence electrons. The van der Waals surface area contributed by atoms with Crippen LogP contribution in [0.3, 0.4) is 0 Å². The number of phosphoric ester groups is 2. The summed E-state index contributed by atoms with van der Waals surface area (Å²) in [6.07, 6.45) is -1.50. The zero-order valence-corrected chi connectivity index (χ0v) is 39.2. The molecule has 4 amide bonds. The van der Waals surface area contributed by atoms with E-state index in [1.54, 1.807) is 20.8 Å². The zero-order chi connectivity index (χ0) is 49.8. The molecule has 23 nitrogen and oxygen atoms in total. The molecule has 0 aliphatic carbocycles. The van der Waals surface area contributed by atoms with E-state index in [1.807, 2.05) is 0 Å². The quantitative estimate of drug-likeness (QED) is 0.0131. The number of ketones is 2. The van der Waals surface area contributed by atoms with E-state index in [0.29, 0.717) is 6.42 Å². The molecule has 6 atom stereocenters. The molecular formula is C41H56N4O19P2. The molecule has 0 heterocycles. The van der Waals surface area contributed by atoms with Crippen molar-refractivity contribution in [1.82, 2.24) is 21.3 Å². The molecule has 0 aliphatic rings. The molecule has 0 saturated carbocycles. The second-order valence-corrected chi connectivity index (χ2v) is 16.2. The number of Topliss-reactive ketones (excluding diaryl/α,β-unsaturated/α-hetero) is 2. The van der Waals surface area contributed by atoms with Crippen LogP contribution < -0.4 is 21.3 Å². The highest BCUT2D eigenvalue weighted by molar-refractivity contribution is 7.47. The van der Waals surface area contributed by atoms with Gasteiger partial charge in [-0.2, -0.15) is 0 Å². The van der Waals surface area contributed by atoms with Crippen molar-refractivity contribution in [3.05, 3.63) is 0 Å². The van der Waals surface area contributed by atoms with Crippen LogP contribution in [-0.2, 0) is 74.9 Å². The average Bonchev–Trinajstić information content (AvgIpc) is 3.20. The maximum absolute atomic E-state index is 12.6. The molecule has 25 heteroatoms. The summed E-state index contributed by atoms with van der Waals surface area (Å²) in [6.45, 7) is 5.38. The first-order valence-electron chi connectivity index (χ1n) is 19.9. The van der Waals surface area contributed by atoms with E-state index in [4.69, 9.17) is 37.0 Å². The fourth-order valence-corrected chi connectivity index (χ4v) is 5.91. The van der Waals surface area contributed by atoms with Gasteiger partial charge >= 0.3 is 33.6 Å². The van der Waals surface area contributed by atoms with E-state index in [2.05, 4.69) is 80.5 Å². The summed E-state index contributed by atoms with van der Waals surface area (Å²) >= 11 is 0. The molecule has 0 fully saturated rings. The minimum absolute atomic E-state index is 0.0500. The number of esters is 2. The molecule has 0 spiro atoms. The van der Waals surface area contributed by atoms with Gasteiger partial charge in [-0.05, 0) is 81.0 Å². The minimum Gasteiger partial charge on any atom is -0.463 e. The van der Waals surface area contributed by atoms with Gasteiger partial charge < -0.3 is 50.0 Å². The van der Waals surface area contributed by atoms with E-state index in [1.165, 1.54) is 20.8 Å². The highest BCUT2D eigenvalue weighted by atomic mass is 31.2.